The third-order valence-corrected chi connectivity index (χ3v) is 6.32. The molecule has 0 aromatic carbocycles. The van der Waals surface area contributed by atoms with Gasteiger partial charge in [0.15, 0.2) is 0 Å². The second kappa shape index (κ2) is 6.24. The molecule has 0 aliphatic rings. The van der Waals surface area contributed by atoms with E-state index in [-0.39, 0.29) is 11.4 Å². The highest BCUT2D eigenvalue weighted by Gasteiger charge is 2.36. The lowest BCUT2D eigenvalue weighted by Crippen LogP contribution is -2.42. The number of aliphatic carboxylic acids is 1. The predicted molar refractivity (Wildman–Crippen MR) is 79.6 cm³/mol. The van der Waals surface area contributed by atoms with Crippen LogP contribution < -0.4 is 4.72 Å². The predicted octanol–water partition coefficient (Wildman–Crippen LogP) is 2.53. The third-order valence-electron chi connectivity index (χ3n) is 3.69. The molecular weight excluding hydrogens is 298 g/mol. The molecule has 114 valence electrons. The minimum atomic E-state index is -3.66. The Labute approximate surface area is 124 Å². The highest BCUT2D eigenvalue weighted by Crippen LogP contribution is 2.28. The first-order valence-electron chi connectivity index (χ1n) is 6.48. The molecule has 0 aliphatic heterocycles. The highest BCUT2D eigenvalue weighted by molar-refractivity contribution is 7.89. The van der Waals surface area contributed by atoms with Crippen molar-refractivity contribution in [3.8, 4) is 0 Å². The Balaban J connectivity index is 2.98. The van der Waals surface area contributed by atoms with Crippen LogP contribution in [-0.4, -0.2) is 26.0 Å². The van der Waals surface area contributed by atoms with Gasteiger partial charge in [0, 0.05) is 16.3 Å². The standard InChI is InChI=1S/C13H21NO4S2/c1-5-13(6-2,12(15)16)8-14-20(17,18)11-7-9(3)19-10(11)4/h7,14H,5-6,8H2,1-4H3,(H,15,16). The first-order chi connectivity index (χ1) is 9.18. The maximum Gasteiger partial charge on any atom is 0.310 e. The van der Waals surface area contributed by atoms with E-state index < -0.39 is 21.4 Å². The summed E-state index contributed by atoms with van der Waals surface area (Å²) in [4.78, 5) is 13.2. The number of carboxylic acid groups (broad SMARTS) is 1. The second-order valence-corrected chi connectivity index (χ2v) is 8.09. The molecule has 0 spiro atoms. The van der Waals surface area contributed by atoms with Crippen LogP contribution in [0.5, 0.6) is 0 Å². The Morgan fingerprint density at radius 1 is 1.35 bits per heavy atom. The summed E-state index contributed by atoms with van der Waals surface area (Å²) in [5, 5.41) is 9.32. The lowest BCUT2D eigenvalue weighted by Gasteiger charge is -2.26. The van der Waals surface area contributed by atoms with Gasteiger partial charge in [0.05, 0.1) is 10.3 Å². The fourth-order valence-electron chi connectivity index (χ4n) is 2.06. The Bertz CT molecular complexity index is 586. The topological polar surface area (TPSA) is 83.5 Å². The molecule has 1 heterocycles. The number of hydrogen-bond acceptors (Lipinski definition) is 4. The van der Waals surface area contributed by atoms with Crippen LogP contribution in [0, 0.1) is 19.3 Å². The van der Waals surface area contributed by atoms with Crippen molar-refractivity contribution in [2.45, 2.75) is 45.4 Å². The minimum Gasteiger partial charge on any atom is -0.481 e. The molecule has 0 fully saturated rings. The first-order valence-corrected chi connectivity index (χ1v) is 8.78. The minimum absolute atomic E-state index is 0.0913. The zero-order chi connectivity index (χ0) is 15.6. The molecule has 0 amide bonds. The summed E-state index contributed by atoms with van der Waals surface area (Å²) in [5.74, 6) is -0.969. The van der Waals surface area contributed by atoms with Gasteiger partial charge in [-0.2, -0.15) is 0 Å². The van der Waals surface area contributed by atoms with Gasteiger partial charge in [-0.1, -0.05) is 13.8 Å². The van der Waals surface area contributed by atoms with E-state index in [4.69, 9.17) is 0 Å². The van der Waals surface area contributed by atoms with Crippen molar-refractivity contribution in [2.75, 3.05) is 6.54 Å². The van der Waals surface area contributed by atoms with Gasteiger partial charge in [-0.3, -0.25) is 4.79 Å². The number of carboxylic acids is 1. The van der Waals surface area contributed by atoms with Gasteiger partial charge < -0.3 is 5.11 Å². The zero-order valence-corrected chi connectivity index (χ0v) is 13.8. The summed E-state index contributed by atoms with van der Waals surface area (Å²) >= 11 is 1.41. The molecule has 0 bridgehead atoms. The number of rotatable bonds is 7. The fourth-order valence-corrected chi connectivity index (χ4v) is 4.74. The van der Waals surface area contributed by atoms with Crippen LogP contribution in [0.3, 0.4) is 0 Å². The summed E-state index contributed by atoms with van der Waals surface area (Å²) in [7, 11) is -3.66. The number of hydrogen-bond donors (Lipinski definition) is 2. The van der Waals surface area contributed by atoms with E-state index in [1.807, 2.05) is 6.92 Å². The van der Waals surface area contributed by atoms with Crippen molar-refractivity contribution in [2.24, 2.45) is 5.41 Å². The van der Waals surface area contributed by atoms with Crippen LogP contribution in [-0.2, 0) is 14.8 Å². The second-order valence-electron chi connectivity index (χ2n) is 4.89. The lowest BCUT2D eigenvalue weighted by atomic mass is 9.83. The molecule has 0 saturated heterocycles. The maximum atomic E-state index is 12.3. The van der Waals surface area contributed by atoms with E-state index in [9.17, 15) is 18.3 Å². The molecule has 5 nitrogen and oxygen atoms in total. The van der Waals surface area contributed by atoms with E-state index in [0.29, 0.717) is 17.7 Å². The van der Waals surface area contributed by atoms with Crippen LogP contribution in [0.15, 0.2) is 11.0 Å². The largest absolute Gasteiger partial charge is 0.481 e. The molecule has 7 heteroatoms. The number of thiophene rings is 1. The number of sulfonamides is 1. The molecule has 0 unspecified atom stereocenters. The average Bonchev–Trinajstić information content (AvgIpc) is 2.71. The van der Waals surface area contributed by atoms with Gasteiger partial charge in [-0.25, -0.2) is 13.1 Å². The van der Waals surface area contributed by atoms with Crippen LogP contribution in [0.1, 0.15) is 36.4 Å². The Hall–Kier alpha value is -0.920. The molecule has 0 radical (unpaired) electrons. The molecule has 0 saturated carbocycles. The maximum absolute atomic E-state index is 12.3. The SMILES string of the molecule is CCC(CC)(CNS(=O)(=O)c1cc(C)sc1C)C(=O)O. The molecule has 20 heavy (non-hydrogen) atoms. The van der Waals surface area contributed by atoms with Gasteiger partial charge in [-0.05, 0) is 32.8 Å². The fraction of sp³-hybridized carbons (Fsp3) is 0.615. The molecule has 1 aromatic rings. The van der Waals surface area contributed by atoms with Gasteiger partial charge in [0.2, 0.25) is 10.0 Å². The van der Waals surface area contributed by atoms with Crippen molar-refractivity contribution in [1.82, 2.24) is 4.72 Å². The van der Waals surface area contributed by atoms with Crippen molar-refractivity contribution in [3.05, 3.63) is 15.8 Å². The Morgan fingerprint density at radius 2 is 1.90 bits per heavy atom. The molecular formula is C13H21NO4S2. The summed E-state index contributed by atoms with van der Waals surface area (Å²) in [6, 6.07) is 1.61. The summed E-state index contributed by atoms with van der Waals surface area (Å²) in [6.45, 7) is 7.01. The van der Waals surface area contributed by atoms with Crippen LogP contribution >= 0.6 is 11.3 Å². The molecule has 1 rings (SSSR count). The smallest absolute Gasteiger partial charge is 0.310 e. The zero-order valence-electron chi connectivity index (χ0n) is 12.2. The Kier molecular flexibility index (Phi) is 5.34. The van der Waals surface area contributed by atoms with Gasteiger partial charge in [-0.15, -0.1) is 11.3 Å². The Morgan fingerprint density at radius 3 is 2.25 bits per heavy atom. The lowest BCUT2D eigenvalue weighted by molar-refractivity contribution is -0.149. The van der Waals surface area contributed by atoms with Gasteiger partial charge in [0.25, 0.3) is 0 Å². The van der Waals surface area contributed by atoms with E-state index in [2.05, 4.69) is 4.72 Å². The monoisotopic (exact) mass is 319 g/mol. The molecule has 0 aliphatic carbocycles. The summed E-state index contributed by atoms with van der Waals surface area (Å²) < 4.78 is 27.0. The summed E-state index contributed by atoms with van der Waals surface area (Å²) in [6.07, 6.45) is 0.756. The van der Waals surface area contributed by atoms with Crippen molar-refractivity contribution in [3.63, 3.8) is 0 Å². The third kappa shape index (κ3) is 3.39. The quantitative estimate of drug-likeness (QED) is 0.809. The molecule has 1 aromatic heterocycles. The summed E-state index contributed by atoms with van der Waals surface area (Å²) in [5.41, 5.74) is -1.05. The van der Waals surface area contributed by atoms with Crippen LogP contribution in [0.4, 0.5) is 0 Å². The number of carbonyl (C=O) groups is 1. The highest BCUT2D eigenvalue weighted by atomic mass is 32.2. The van der Waals surface area contributed by atoms with Gasteiger partial charge >= 0.3 is 5.97 Å². The van der Waals surface area contributed by atoms with Crippen molar-refractivity contribution < 1.29 is 18.3 Å². The van der Waals surface area contributed by atoms with Crippen molar-refractivity contribution >= 4 is 27.3 Å². The van der Waals surface area contributed by atoms with E-state index in [0.717, 1.165) is 4.88 Å². The number of nitrogens with one attached hydrogen (secondary N) is 1. The molecule has 0 atom stereocenters. The van der Waals surface area contributed by atoms with Crippen LogP contribution in [0.2, 0.25) is 0 Å². The average molecular weight is 319 g/mol. The van der Waals surface area contributed by atoms with Gasteiger partial charge in [0.1, 0.15) is 0 Å². The normalized spacial score (nSPS) is 12.6. The first kappa shape index (κ1) is 17.1. The van der Waals surface area contributed by atoms with Crippen molar-refractivity contribution in [1.29, 1.82) is 0 Å². The van der Waals surface area contributed by atoms with Crippen LogP contribution in [0.25, 0.3) is 0 Å². The number of aryl methyl sites for hydroxylation is 2. The van der Waals surface area contributed by atoms with E-state index in [1.165, 1.54) is 11.3 Å². The van der Waals surface area contributed by atoms with E-state index >= 15 is 0 Å². The molecule has 2 N–H and O–H groups in total. The van der Waals surface area contributed by atoms with E-state index in [1.54, 1.807) is 26.8 Å².